The van der Waals surface area contributed by atoms with E-state index in [2.05, 4.69) is 10.6 Å². The Morgan fingerprint density at radius 2 is 1.57 bits per heavy atom. The number of nitrogens with one attached hydrogen (secondary N) is 2. The molecule has 0 radical (unpaired) electrons. The zero-order valence-corrected chi connectivity index (χ0v) is 16.2. The molecule has 28 heavy (non-hydrogen) atoms. The van der Waals surface area contributed by atoms with E-state index in [1.54, 1.807) is 0 Å². The topological polar surface area (TPSA) is 101 Å². The number of hydrogen-bond acceptors (Lipinski definition) is 3. The molecular weight excluding hydrogens is 354 g/mol. The number of carbonyl (C=O) groups is 3. The lowest BCUT2D eigenvalue weighted by Gasteiger charge is -2.55. The van der Waals surface area contributed by atoms with Gasteiger partial charge in [-0.15, -0.1) is 0 Å². The van der Waals surface area contributed by atoms with Crippen LogP contribution < -0.4 is 16.4 Å². The van der Waals surface area contributed by atoms with E-state index in [4.69, 9.17) is 5.73 Å². The van der Waals surface area contributed by atoms with Crippen LogP contribution in [0.25, 0.3) is 0 Å². The van der Waals surface area contributed by atoms with Gasteiger partial charge in [-0.3, -0.25) is 14.4 Å². The van der Waals surface area contributed by atoms with Crippen LogP contribution >= 0.6 is 0 Å². The quantitative estimate of drug-likeness (QED) is 0.665. The van der Waals surface area contributed by atoms with Crippen LogP contribution in [0.2, 0.25) is 0 Å². The first-order valence-electron chi connectivity index (χ1n) is 10.3. The van der Waals surface area contributed by atoms with Gasteiger partial charge in [-0.25, -0.2) is 0 Å². The second kappa shape index (κ2) is 7.57. The summed E-state index contributed by atoms with van der Waals surface area (Å²) in [5.74, 6) is 1.09. The summed E-state index contributed by atoms with van der Waals surface area (Å²) in [5.41, 5.74) is 6.10. The maximum atomic E-state index is 12.9. The molecular formula is C22H29N3O3. The molecule has 4 fully saturated rings. The maximum absolute atomic E-state index is 12.9. The summed E-state index contributed by atoms with van der Waals surface area (Å²) in [6.45, 7) is -0.112. The number of amides is 3. The highest BCUT2D eigenvalue weighted by molar-refractivity contribution is 5.91. The first-order valence-corrected chi connectivity index (χ1v) is 10.3. The van der Waals surface area contributed by atoms with Crippen molar-refractivity contribution in [3.05, 3.63) is 35.9 Å². The molecule has 1 aromatic carbocycles. The molecule has 1 unspecified atom stereocenters. The smallest absolute Gasteiger partial charge is 0.240 e. The van der Waals surface area contributed by atoms with Crippen LogP contribution in [0.4, 0.5) is 0 Å². The van der Waals surface area contributed by atoms with Gasteiger partial charge < -0.3 is 16.4 Å². The highest BCUT2D eigenvalue weighted by Gasteiger charge is 2.54. The summed E-state index contributed by atoms with van der Waals surface area (Å²) in [6, 6.07) is 8.63. The third kappa shape index (κ3) is 3.91. The van der Waals surface area contributed by atoms with Gasteiger partial charge in [-0.1, -0.05) is 30.3 Å². The molecule has 3 amide bonds. The van der Waals surface area contributed by atoms with Gasteiger partial charge in [0.15, 0.2) is 0 Å². The Balaban J connectivity index is 1.31. The average Bonchev–Trinajstić information content (AvgIpc) is 2.65. The second-order valence-corrected chi connectivity index (χ2v) is 9.09. The van der Waals surface area contributed by atoms with E-state index in [0.717, 1.165) is 24.8 Å². The van der Waals surface area contributed by atoms with Gasteiger partial charge >= 0.3 is 0 Å². The number of primary amides is 1. The molecule has 6 heteroatoms. The number of hydrogen-bond donors (Lipinski definition) is 3. The average molecular weight is 383 g/mol. The first kappa shape index (κ1) is 19.0. The lowest BCUT2D eigenvalue weighted by atomic mass is 9.49. The normalized spacial score (nSPS) is 31.2. The second-order valence-electron chi connectivity index (χ2n) is 9.09. The Hall–Kier alpha value is -2.37. The van der Waals surface area contributed by atoms with Crippen molar-refractivity contribution < 1.29 is 14.4 Å². The first-order chi connectivity index (χ1) is 13.4. The fourth-order valence-corrected chi connectivity index (χ4v) is 6.05. The minimum absolute atomic E-state index is 0.0143. The molecule has 1 aromatic rings. The zero-order valence-electron chi connectivity index (χ0n) is 16.2. The SMILES string of the molecule is NC(=O)C(Cc1ccccc1)NC(=O)CNC(=O)C12CC3CC(CC(C3)C1)C2. The Morgan fingerprint density at radius 3 is 2.11 bits per heavy atom. The highest BCUT2D eigenvalue weighted by atomic mass is 16.2. The molecule has 0 saturated heterocycles. The van der Waals surface area contributed by atoms with Gasteiger partial charge in [0.2, 0.25) is 17.7 Å². The molecule has 4 saturated carbocycles. The standard InChI is InChI=1S/C22H29N3O3/c23-20(27)18(9-14-4-2-1-3-5-14)25-19(26)13-24-21(28)22-10-15-6-16(11-22)8-17(7-15)12-22/h1-5,15-18H,6-13H2,(H2,23,27)(H,24,28)(H,25,26). The highest BCUT2D eigenvalue weighted by Crippen LogP contribution is 2.60. The van der Waals surface area contributed by atoms with Gasteiger partial charge in [-0.2, -0.15) is 0 Å². The van der Waals surface area contributed by atoms with E-state index >= 15 is 0 Å². The molecule has 4 aliphatic rings. The van der Waals surface area contributed by atoms with Gasteiger partial charge in [0.05, 0.1) is 6.54 Å². The fraction of sp³-hybridized carbons (Fsp3) is 0.591. The molecule has 0 spiro atoms. The third-order valence-corrected chi connectivity index (χ3v) is 6.89. The van der Waals surface area contributed by atoms with Gasteiger partial charge in [0.1, 0.15) is 6.04 Å². The molecule has 0 heterocycles. The van der Waals surface area contributed by atoms with Crippen LogP contribution in [0.3, 0.4) is 0 Å². The van der Waals surface area contributed by atoms with Crippen LogP contribution in [-0.2, 0) is 20.8 Å². The van der Waals surface area contributed by atoms with Crippen LogP contribution in [0, 0.1) is 23.2 Å². The number of rotatable bonds is 7. The minimum Gasteiger partial charge on any atom is -0.368 e. The van der Waals surface area contributed by atoms with Crippen molar-refractivity contribution in [2.75, 3.05) is 6.54 Å². The number of nitrogens with two attached hydrogens (primary N) is 1. The van der Waals surface area contributed by atoms with Crippen molar-refractivity contribution in [2.45, 2.75) is 51.0 Å². The van der Waals surface area contributed by atoms with Crippen LogP contribution in [0.5, 0.6) is 0 Å². The molecule has 4 aliphatic carbocycles. The van der Waals surface area contributed by atoms with E-state index in [1.165, 1.54) is 19.3 Å². The summed E-state index contributed by atoms with van der Waals surface area (Å²) in [5, 5.41) is 5.51. The van der Waals surface area contributed by atoms with Crippen molar-refractivity contribution in [3.8, 4) is 0 Å². The van der Waals surface area contributed by atoms with E-state index in [1.807, 2.05) is 30.3 Å². The fourth-order valence-electron chi connectivity index (χ4n) is 6.05. The van der Waals surface area contributed by atoms with Gasteiger partial charge in [-0.05, 0) is 61.8 Å². The van der Waals surface area contributed by atoms with Crippen molar-refractivity contribution in [3.63, 3.8) is 0 Å². The van der Waals surface area contributed by atoms with E-state index in [9.17, 15) is 14.4 Å². The lowest BCUT2D eigenvalue weighted by molar-refractivity contribution is -0.147. The van der Waals surface area contributed by atoms with Crippen LogP contribution in [0.1, 0.15) is 44.1 Å². The monoisotopic (exact) mass is 383 g/mol. The molecule has 6 nitrogen and oxygen atoms in total. The predicted molar refractivity (Wildman–Crippen MR) is 105 cm³/mol. The summed E-state index contributed by atoms with van der Waals surface area (Å²) < 4.78 is 0. The van der Waals surface area contributed by atoms with Crippen LogP contribution in [0.15, 0.2) is 30.3 Å². The molecule has 1 atom stereocenters. The Labute approximate surface area is 165 Å². The Bertz CT molecular complexity index is 726. The van der Waals surface area contributed by atoms with Crippen LogP contribution in [-0.4, -0.2) is 30.3 Å². The van der Waals surface area contributed by atoms with E-state index in [-0.39, 0.29) is 23.8 Å². The van der Waals surface area contributed by atoms with Gasteiger partial charge in [0, 0.05) is 11.8 Å². The largest absolute Gasteiger partial charge is 0.368 e. The molecule has 4 bridgehead atoms. The summed E-state index contributed by atoms with van der Waals surface area (Å²) in [6.07, 6.45) is 7.04. The van der Waals surface area contributed by atoms with Crippen molar-refractivity contribution >= 4 is 17.7 Å². The minimum atomic E-state index is -0.786. The van der Waals surface area contributed by atoms with E-state index in [0.29, 0.717) is 24.2 Å². The molecule has 4 N–H and O–H groups in total. The number of benzene rings is 1. The molecule has 150 valence electrons. The lowest BCUT2D eigenvalue weighted by Crippen LogP contribution is -2.55. The molecule has 0 aliphatic heterocycles. The van der Waals surface area contributed by atoms with Crippen molar-refractivity contribution in [1.29, 1.82) is 0 Å². The molecule has 5 rings (SSSR count). The van der Waals surface area contributed by atoms with Gasteiger partial charge in [0.25, 0.3) is 0 Å². The van der Waals surface area contributed by atoms with E-state index < -0.39 is 11.9 Å². The van der Waals surface area contributed by atoms with Crippen molar-refractivity contribution in [1.82, 2.24) is 10.6 Å². The summed E-state index contributed by atoms with van der Waals surface area (Å²) >= 11 is 0. The number of carbonyl (C=O) groups excluding carboxylic acids is 3. The van der Waals surface area contributed by atoms with Crippen molar-refractivity contribution in [2.24, 2.45) is 28.9 Å². The third-order valence-electron chi connectivity index (χ3n) is 6.89. The molecule has 0 aromatic heterocycles. The zero-order chi connectivity index (χ0) is 19.7. The Kier molecular flexibility index (Phi) is 5.13. The Morgan fingerprint density at radius 1 is 1.00 bits per heavy atom. The summed E-state index contributed by atoms with van der Waals surface area (Å²) in [7, 11) is 0. The summed E-state index contributed by atoms with van der Waals surface area (Å²) in [4.78, 5) is 37.0. The predicted octanol–water partition coefficient (Wildman–Crippen LogP) is 1.53. The maximum Gasteiger partial charge on any atom is 0.240 e.